The third-order valence-electron chi connectivity index (χ3n) is 3.61. The van der Waals surface area contributed by atoms with Crippen LogP contribution in [0.5, 0.6) is 0 Å². The number of thiol groups is 1. The number of hydrogen-bond donors (Lipinski definition) is 1. The van der Waals surface area contributed by atoms with Gasteiger partial charge in [0.1, 0.15) is 0 Å². The van der Waals surface area contributed by atoms with Crippen LogP contribution in [-0.4, -0.2) is 35.8 Å². The molecule has 1 aliphatic rings. The molecule has 1 fully saturated rings. The predicted molar refractivity (Wildman–Crippen MR) is 91.3 cm³/mol. The van der Waals surface area contributed by atoms with Crippen molar-refractivity contribution >= 4 is 32.6 Å². The summed E-state index contributed by atoms with van der Waals surface area (Å²) < 4.78 is 6.47. The van der Waals surface area contributed by atoms with Gasteiger partial charge in [-0.2, -0.15) is 0 Å². The van der Waals surface area contributed by atoms with Gasteiger partial charge in [-0.05, 0) is 29.1 Å². The maximum atomic E-state index is 13.0. The van der Waals surface area contributed by atoms with E-state index in [9.17, 15) is 4.79 Å². The first-order valence-corrected chi connectivity index (χ1v) is 9.58. The molecule has 0 aliphatic carbocycles. The number of carbonyl (C=O) groups excluding carboxylic acids is 1. The molecule has 1 saturated heterocycles. The first-order chi connectivity index (χ1) is 9.39. The zero-order chi connectivity index (χ0) is 14.8. The number of halogens is 1. The molecular weight excluding hydrogens is 336 g/mol. The van der Waals surface area contributed by atoms with Crippen LogP contribution in [0.2, 0.25) is 0 Å². The van der Waals surface area contributed by atoms with E-state index in [1.54, 1.807) is 0 Å². The average Bonchev–Trinajstić information content (AvgIpc) is 2.39. The zero-order valence-corrected chi connectivity index (χ0v) is 14.8. The molecule has 4 heteroatoms. The van der Waals surface area contributed by atoms with Crippen LogP contribution in [0.3, 0.4) is 0 Å². The smallest absolute Gasteiger partial charge is 0.174 e. The lowest BCUT2D eigenvalue weighted by Crippen LogP contribution is -2.38. The molecule has 1 aromatic rings. The Morgan fingerprint density at radius 3 is 2.25 bits per heavy atom. The van der Waals surface area contributed by atoms with Gasteiger partial charge < -0.3 is 4.74 Å². The van der Waals surface area contributed by atoms with Crippen LogP contribution >= 0.6 is 26.8 Å². The minimum atomic E-state index is -0.280. The summed E-state index contributed by atoms with van der Waals surface area (Å²) in [6, 6.07) is 7.76. The van der Waals surface area contributed by atoms with E-state index in [0.29, 0.717) is 5.78 Å². The molecule has 1 heterocycles. The molecule has 0 radical (unpaired) electrons. The molecule has 0 saturated carbocycles. The standard InChI is InChI=1S/C16H23BrO2S/c1-16(2,3)15(20-10-8-19-9-11-20)14(18)12-4-6-13(17)7-5-12/h4-7,15,20H,8-11H2,1-3H3. The summed E-state index contributed by atoms with van der Waals surface area (Å²) in [6.07, 6.45) is 0. The first-order valence-electron chi connectivity index (χ1n) is 7.01. The largest absolute Gasteiger partial charge is 0.380 e. The van der Waals surface area contributed by atoms with Gasteiger partial charge in [-0.15, -0.1) is 0 Å². The molecular formula is C16H23BrO2S. The third kappa shape index (κ3) is 3.86. The van der Waals surface area contributed by atoms with E-state index in [1.807, 2.05) is 24.3 Å². The molecule has 0 N–H and O–H groups in total. The fourth-order valence-electron chi connectivity index (χ4n) is 2.71. The fourth-order valence-corrected chi connectivity index (χ4v) is 6.02. The van der Waals surface area contributed by atoms with Crippen molar-refractivity contribution < 1.29 is 9.53 Å². The molecule has 2 rings (SSSR count). The molecule has 1 aliphatic heterocycles. The Labute approximate surface area is 132 Å². The van der Waals surface area contributed by atoms with Gasteiger partial charge in [0.05, 0.1) is 18.5 Å². The Kier molecular flexibility index (Phi) is 5.32. The van der Waals surface area contributed by atoms with Crippen LogP contribution < -0.4 is 0 Å². The predicted octanol–water partition coefficient (Wildman–Crippen LogP) is 4.08. The van der Waals surface area contributed by atoms with Crippen molar-refractivity contribution in [2.45, 2.75) is 26.0 Å². The van der Waals surface area contributed by atoms with Crippen molar-refractivity contribution in [3.05, 3.63) is 34.3 Å². The summed E-state index contributed by atoms with van der Waals surface area (Å²) in [7, 11) is -0.280. The number of hydrogen-bond acceptors (Lipinski definition) is 2. The number of ketones is 1. The van der Waals surface area contributed by atoms with Crippen LogP contribution in [-0.2, 0) is 4.74 Å². The summed E-state index contributed by atoms with van der Waals surface area (Å²) in [5.74, 6) is 2.41. The molecule has 20 heavy (non-hydrogen) atoms. The normalized spacial score (nSPS) is 19.7. The summed E-state index contributed by atoms with van der Waals surface area (Å²) in [5, 5.41) is 0.127. The summed E-state index contributed by atoms with van der Waals surface area (Å²) in [4.78, 5) is 13.0. The Morgan fingerprint density at radius 2 is 1.75 bits per heavy atom. The maximum Gasteiger partial charge on any atom is 0.174 e. The Balaban J connectivity index is 2.26. The highest BCUT2D eigenvalue weighted by molar-refractivity contribution is 9.10. The number of benzene rings is 1. The number of carbonyl (C=O) groups is 1. The van der Waals surface area contributed by atoms with Crippen molar-refractivity contribution in [3.63, 3.8) is 0 Å². The van der Waals surface area contributed by atoms with Crippen molar-refractivity contribution in [1.29, 1.82) is 0 Å². The van der Waals surface area contributed by atoms with E-state index >= 15 is 0 Å². The summed E-state index contributed by atoms with van der Waals surface area (Å²) in [6.45, 7) is 8.18. The number of rotatable bonds is 3. The second-order valence-corrected chi connectivity index (χ2v) is 9.79. The van der Waals surface area contributed by atoms with Crippen molar-refractivity contribution in [2.24, 2.45) is 5.41 Å². The third-order valence-corrected chi connectivity index (χ3v) is 7.39. The van der Waals surface area contributed by atoms with Crippen LogP contribution in [0.1, 0.15) is 31.1 Å². The zero-order valence-electron chi connectivity index (χ0n) is 12.4. The monoisotopic (exact) mass is 358 g/mol. The summed E-state index contributed by atoms with van der Waals surface area (Å²) in [5.41, 5.74) is 0.842. The minimum absolute atomic E-state index is 0.00714. The minimum Gasteiger partial charge on any atom is -0.380 e. The van der Waals surface area contributed by atoms with Gasteiger partial charge in [0.2, 0.25) is 0 Å². The van der Waals surface area contributed by atoms with Crippen LogP contribution in [0.25, 0.3) is 0 Å². The summed E-state index contributed by atoms with van der Waals surface area (Å²) >= 11 is 3.42. The molecule has 1 unspecified atom stereocenters. The quantitative estimate of drug-likeness (QED) is 0.650. The van der Waals surface area contributed by atoms with E-state index in [2.05, 4.69) is 36.7 Å². The fraction of sp³-hybridized carbons (Fsp3) is 0.562. The molecule has 0 amide bonds. The van der Waals surface area contributed by atoms with Crippen molar-refractivity contribution in [2.75, 3.05) is 24.7 Å². The van der Waals surface area contributed by atoms with Gasteiger partial charge in [0.25, 0.3) is 0 Å². The van der Waals surface area contributed by atoms with E-state index in [4.69, 9.17) is 4.74 Å². The topological polar surface area (TPSA) is 26.3 Å². The van der Waals surface area contributed by atoms with Crippen LogP contribution in [0, 0.1) is 5.41 Å². The van der Waals surface area contributed by atoms with Gasteiger partial charge in [-0.25, -0.2) is 10.9 Å². The van der Waals surface area contributed by atoms with Crippen LogP contribution in [0.15, 0.2) is 28.7 Å². The van der Waals surface area contributed by atoms with Crippen molar-refractivity contribution in [1.82, 2.24) is 0 Å². The number of ether oxygens (including phenoxy) is 1. The first kappa shape index (κ1) is 16.1. The van der Waals surface area contributed by atoms with Gasteiger partial charge in [0.15, 0.2) is 5.78 Å². The van der Waals surface area contributed by atoms with Gasteiger partial charge in [-0.1, -0.05) is 48.8 Å². The van der Waals surface area contributed by atoms with Gasteiger partial charge in [-0.3, -0.25) is 4.79 Å². The van der Waals surface area contributed by atoms with Gasteiger partial charge >= 0.3 is 0 Å². The lowest BCUT2D eigenvalue weighted by Gasteiger charge is -2.40. The average molecular weight is 359 g/mol. The molecule has 1 atom stereocenters. The Morgan fingerprint density at radius 1 is 1.20 bits per heavy atom. The van der Waals surface area contributed by atoms with Crippen molar-refractivity contribution in [3.8, 4) is 0 Å². The molecule has 112 valence electrons. The SMILES string of the molecule is CC(C)(C)C(C(=O)c1ccc(Br)cc1)[SH]1CCOCC1. The highest BCUT2D eigenvalue weighted by atomic mass is 79.9. The molecule has 1 aromatic carbocycles. The second-order valence-electron chi connectivity index (χ2n) is 6.29. The van der Waals surface area contributed by atoms with Crippen LogP contribution in [0.4, 0.5) is 0 Å². The Bertz CT molecular complexity index is 458. The lowest BCUT2D eigenvalue weighted by molar-refractivity contribution is 0.0947. The lowest BCUT2D eigenvalue weighted by atomic mass is 9.87. The molecule has 0 bridgehead atoms. The van der Waals surface area contributed by atoms with E-state index in [-0.39, 0.29) is 21.6 Å². The van der Waals surface area contributed by atoms with E-state index in [1.165, 1.54) is 0 Å². The Hall–Kier alpha value is -0.320. The second kappa shape index (κ2) is 6.63. The highest BCUT2D eigenvalue weighted by Crippen LogP contribution is 2.44. The van der Waals surface area contributed by atoms with Gasteiger partial charge in [0, 0.05) is 10.0 Å². The molecule has 2 nitrogen and oxygen atoms in total. The van der Waals surface area contributed by atoms with E-state index in [0.717, 1.165) is 34.8 Å². The molecule has 0 aromatic heterocycles. The molecule has 0 spiro atoms. The maximum absolute atomic E-state index is 13.0. The van der Waals surface area contributed by atoms with E-state index < -0.39 is 0 Å². The highest BCUT2D eigenvalue weighted by Gasteiger charge is 2.36. The number of Topliss-reactive ketones (excluding diaryl/α,β-unsaturated/α-hetero) is 1.